The SMILES string of the molecule is COC1=C(Br)C(=O)c2nc(-c3ccccc3)c(=O)[nH]c2C1=O. The lowest BCUT2D eigenvalue weighted by Gasteiger charge is -2.16. The fraction of sp³-hybridized carbons (Fsp3) is 0.0667. The number of Topliss-reactive ketones (excluding diaryl/α,β-unsaturated/α-hetero) is 2. The highest BCUT2D eigenvalue weighted by Gasteiger charge is 2.35. The number of rotatable bonds is 2. The van der Waals surface area contributed by atoms with Gasteiger partial charge in [-0.15, -0.1) is 0 Å². The Morgan fingerprint density at radius 2 is 1.73 bits per heavy atom. The van der Waals surface area contributed by atoms with Crippen molar-refractivity contribution >= 4 is 27.5 Å². The summed E-state index contributed by atoms with van der Waals surface area (Å²) in [4.78, 5) is 43.2. The Labute approximate surface area is 133 Å². The van der Waals surface area contributed by atoms with Crippen LogP contribution in [0.3, 0.4) is 0 Å². The Morgan fingerprint density at radius 3 is 2.36 bits per heavy atom. The third-order valence-corrected chi connectivity index (χ3v) is 3.93. The van der Waals surface area contributed by atoms with Crippen LogP contribution >= 0.6 is 15.9 Å². The van der Waals surface area contributed by atoms with Gasteiger partial charge < -0.3 is 9.72 Å². The van der Waals surface area contributed by atoms with Gasteiger partial charge in [0.25, 0.3) is 5.56 Å². The van der Waals surface area contributed by atoms with Crippen molar-refractivity contribution in [3.8, 4) is 11.3 Å². The molecule has 0 aliphatic heterocycles. The Kier molecular flexibility index (Phi) is 3.50. The molecule has 0 saturated carbocycles. The summed E-state index contributed by atoms with van der Waals surface area (Å²) in [6, 6.07) is 8.70. The van der Waals surface area contributed by atoms with Gasteiger partial charge in [-0.1, -0.05) is 30.3 Å². The molecule has 3 rings (SSSR count). The number of benzene rings is 1. The van der Waals surface area contributed by atoms with Gasteiger partial charge in [0.1, 0.15) is 21.6 Å². The molecule has 6 nitrogen and oxygen atoms in total. The number of allylic oxidation sites excluding steroid dienone is 2. The zero-order valence-corrected chi connectivity index (χ0v) is 12.9. The molecule has 1 aromatic carbocycles. The number of aromatic nitrogens is 2. The number of carbonyl (C=O) groups excluding carboxylic acids is 2. The van der Waals surface area contributed by atoms with Gasteiger partial charge >= 0.3 is 0 Å². The van der Waals surface area contributed by atoms with E-state index in [9.17, 15) is 14.4 Å². The summed E-state index contributed by atoms with van der Waals surface area (Å²) in [5.41, 5.74) is -0.156. The topological polar surface area (TPSA) is 89.1 Å². The van der Waals surface area contributed by atoms with E-state index in [0.29, 0.717) is 5.56 Å². The number of ether oxygens (including phenoxy) is 1. The molecule has 2 aromatic rings. The van der Waals surface area contributed by atoms with Gasteiger partial charge in [0.05, 0.1) is 7.11 Å². The molecule has 0 saturated heterocycles. The van der Waals surface area contributed by atoms with Gasteiger partial charge in [-0.2, -0.15) is 0 Å². The largest absolute Gasteiger partial charge is 0.491 e. The molecular formula is C15H9BrN2O4. The van der Waals surface area contributed by atoms with Gasteiger partial charge in [0.15, 0.2) is 5.76 Å². The molecule has 1 aromatic heterocycles. The third-order valence-electron chi connectivity index (χ3n) is 3.21. The number of halogens is 1. The van der Waals surface area contributed by atoms with Crippen LogP contribution in [0.4, 0.5) is 0 Å². The quantitative estimate of drug-likeness (QED) is 0.885. The number of aromatic amines is 1. The first-order valence-corrected chi connectivity index (χ1v) is 7.06. The number of nitrogens with zero attached hydrogens (tertiary/aromatic N) is 1. The monoisotopic (exact) mass is 360 g/mol. The lowest BCUT2D eigenvalue weighted by atomic mass is 10.0. The predicted octanol–water partition coefficient (Wildman–Crippen LogP) is 2.07. The first-order valence-electron chi connectivity index (χ1n) is 6.27. The lowest BCUT2D eigenvalue weighted by molar-refractivity contribution is 0.0906. The minimum absolute atomic E-state index is 0.00828. The van der Waals surface area contributed by atoms with Gasteiger partial charge in [-0.25, -0.2) is 4.98 Å². The van der Waals surface area contributed by atoms with E-state index in [1.807, 2.05) is 0 Å². The van der Waals surface area contributed by atoms with Crippen LogP contribution in [-0.4, -0.2) is 28.6 Å². The fourth-order valence-electron chi connectivity index (χ4n) is 2.17. The Balaban J connectivity index is 2.25. The van der Waals surface area contributed by atoms with Crippen molar-refractivity contribution in [3.05, 3.63) is 62.3 Å². The molecule has 1 aliphatic carbocycles. The van der Waals surface area contributed by atoms with E-state index in [1.54, 1.807) is 30.3 Å². The molecule has 0 unspecified atom stereocenters. The smallest absolute Gasteiger partial charge is 0.275 e. The summed E-state index contributed by atoms with van der Waals surface area (Å²) in [6.07, 6.45) is 0. The molecule has 1 N–H and O–H groups in total. The van der Waals surface area contributed by atoms with Gasteiger partial charge in [0, 0.05) is 5.56 Å². The van der Waals surface area contributed by atoms with Crippen LogP contribution in [0.5, 0.6) is 0 Å². The van der Waals surface area contributed by atoms with Crippen LogP contribution in [0.15, 0.2) is 45.4 Å². The van der Waals surface area contributed by atoms with Crippen LogP contribution in [-0.2, 0) is 4.74 Å². The second-order valence-electron chi connectivity index (χ2n) is 4.51. The maximum atomic E-state index is 12.3. The Morgan fingerprint density at radius 1 is 1.05 bits per heavy atom. The second kappa shape index (κ2) is 5.34. The zero-order valence-electron chi connectivity index (χ0n) is 11.3. The van der Waals surface area contributed by atoms with E-state index in [-0.39, 0.29) is 27.3 Å². The highest BCUT2D eigenvalue weighted by molar-refractivity contribution is 9.12. The number of hydrogen-bond donors (Lipinski definition) is 1. The molecule has 110 valence electrons. The van der Waals surface area contributed by atoms with Crippen molar-refractivity contribution in [2.24, 2.45) is 0 Å². The molecule has 0 radical (unpaired) electrons. The van der Waals surface area contributed by atoms with Gasteiger partial charge in [0.2, 0.25) is 11.6 Å². The van der Waals surface area contributed by atoms with Crippen molar-refractivity contribution in [3.63, 3.8) is 0 Å². The number of ketones is 2. The molecule has 0 atom stereocenters. The van der Waals surface area contributed by atoms with Crippen LogP contribution in [0.2, 0.25) is 0 Å². The van der Waals surface area contributed by atoms with E-state index in [4.69, 9.17) is 4.74 Å². The lowest BCUT2D eigenvalue weighted by Crippen LogP contribution is -2.28. The van der Waals surface area contributed by atoms with Crippen LogP contribution in [0, 0.1) is 0 Å². The van der Waals surface area contributed by atoms with Crippen LogP contribution in [0.1, 0.15) is 21.0 Å². The van der Waals surface area contributed by atoms with Gasteiger partial charge in [-0.3, -0.25) is 14.4 Å². The standard InChI is InChI=1S/C15H9BrN2O4/c1-22-14-8(16)12(19)10-11(13(14)20)18-15(21)9(17-10)7-5-3-2-4-6-7/h2-6H,1H3,(H,18,21). The van der Waals surface area contributed by atoms with E-state index in [2.05, 4.69) is 25.9 Å². The molecule has 0 amide bonds. The van der Waals surface area contributed by atoms with Crippen molar-refractivity contribution in [1.82, 2.24) is 9.97 Å². The molecular weight excluding hydrogens is 352 g/mol. The normalized spacial score (nSPS) is 14.1. The Bertz CT molecular complexity index is 884. The highest BCUT2D eigenvalue weighted by Crippen LogP contribution is 2.28. The molecule has 0 fully saturated rings. The van der Waals surface area contributed by atoms with E-state index in [1.165, 1.54) is 7.11 Å². The summed E-state index contributed by atoms with van der Waals surface area (Å²) in [5.74, 6) is -1.25. The maximum absolute atomic E-state index is 12.3. The zero-order chi connectivity index (χ0) is 15.9. The van der Waals surface area contributed by atoms with E-state index >= 15 is 0 Å². The second-order valence-corrected chi connectivity index (χ2v) is 5.30. The van der Waals surface area contributed by atoms with Crippen LogP contribution < -0.4 is 5.56 Å². The molecule has 0 spiro atoms. The fourth-order valence-corrected chi connectivity index (χ4v) is 2.70. The number of methoxy groups -OCH3 is 1. The first kappa shape index (κ1) is 14.4. The summed E-state index contributed by atoms with van der Waals surface area (Å²) >= 11 is 3.04. The van der Waals surface area contributed by atoms with E-state index < -0.39 is 17.1 Å². The summed E-state index contributed by atoms with van der Waals surface area (Å²) in [6.45, 7) is 0. The van der Waals surface area contributed by atoms with Crippen molar-refractivity contribution < 1.29 is 14.3 Å². The molecule has 1 aliphatic rings. The minimum atomic E-state index is -0.590. The maximum Gasteiger partial charge on any atom is 0.275 e. The van der Waals surface area contributed by atoms with E-state index in [0.717, 1.165) is 0 Å². The van der Waals surface area contributed by atoms with Crippen molar-refractivity contribution in [2.75, 3.05) is 7.11 Å². The van der Waals surface area contributed by atoms with Crippen LogP contribution in [0.25, 0.3) is 11.3 Å². The van der Waals surface area contributed by atoms with Crippen molar-refractivity contribution in [1.29, 1.82) is 0 Å². The molecule has 1 heterocycles. The van der Waals surface area contributed by atoms with Gasteiger partial charge in [-0.05, 0) is 15.9 Å². The highest BCUT2D eigenvalue weighted by atomic mass is 79.9. The number of hydrogen-bond acceptors (Lipinski definition) is 5. The molecule has 22 heavy (non-hydrogen) atoms. The summed E-state index contributed by atoms with van der Waals surface area (Å²) in [7, 11) is 1.27. The average molecular weight is 361 g/mol. The minimum Gasteiger partial charge on any atom is -0.491 e. The number of fused-ring (bicyclic) bond motifs is 1. The Hall–Kier alpha value is -2.54. The number of H-pyrrole nitrogens is 1. The van der Waals surface area contributed by atoms with Crippen molar-refractivity contribution in [2.45, 2.75) is 0 Å². The average Bonchev–Trinajstić information content (AvgIpc) is 2.54. The third kappa shape index (κ3) is 2.10. The summed E-state index contributed by atoms with van der Waals surface area (Å²) in [5, 5.41) is 0. The predicted molar refractivity (Wildman–Crippen MR) is 81.9 cm³/mol. The molecule has 7 heteroatoms. The molecule has 0 bridgehead atoms. The summed E-state index contributed by atoms with van der Waals surface area (Å²) < 4.78 is 4.90. The number of nitrogens with one attached hydrogen (secondary N) is 1. The first-order chi connectivity index (χ1) is 10.5. The number of carbonyl (C=O) groups is 2.